The normalized spacial score (nSPS) is 12.5. The van der Waals surface area contributed by atoms with Crippen LogP contribution in [0.1, 0.15) is 42.3 Å². The van der Waals surface area contributed by atoms with E-state index in [0.717, 1.165) is 17.7 Å². The topological polar surface area (TPSA) is 66.4 Å². The van der Waals surface area contributed by atoms with E-state index in [2.05, 4.69) is 26.1 Å². The van der Waals surface area contributed by atoms with Crippen molar-refractivity contribution < 1.29 is 23.5 Å². The first-order chi connectivity index (χ1) is 12.1. The summed E-state index contributed by atoms with van der Waals surface area (Å²) in [5.41, 5.74) is 1.25. The van der Waals surface area contributed by atoms with Crippen LogP contribution in [0.3, 0.4) is 0 Å². The van der Waals surface area contributed by atoms with E-state index in [1.54, 1.807) is 12.1 Å². The molecule has 2 aromatic carbocycles. The van der Waals surface area contributed by atoms with E-state index < -0.39 is 35.1 Å². The monoisotopic (exact) mass is 361 g/mol. The zero-order valence-electron chi connectivity index (χ0n) is 14.8. The third-order valence-corrected chi connectivity index (χ3v) is 4.06. The Labute approximate surface area is 150 Å². The smallest absolute Gasteiger partial charge is 0.326 e. The zero-order chi connectivity index (χ0) is 19.5. The standard InChI is InChI=1S/C20H21F2NO3/c1-20(2,3)13-9-7-12(8-10-13)11-16(19(25)26)23-18(24)14-5-4-6-15(21)17(14)22/h4-10,16H,11H2,1-3H3,(H,23,24)(H,25,26)/t16-/m1/s1. The van der Waals surface area contributed by atoms with Crippen LogP contribution in [0.5, 0.6) is 0 Å². The minimum atomic E-state index is -1.30. The van der Waals surface area contributed by atoms with Gasteiger partial charge in [0.2, 0.25) is 0 Å². The molecule has 0 aliphatic carbocycles. The molecule has 2 rings (SSSR count). The molecular formula is C20H21F2NO3. The summed E-state index contributed by atoms with van der Waals surface area (Å²) in [6.45, 7) is 6.20. The molecule has 0 spiro atoms. The van der Waals surface area contributed by atoms with Crippen molar-refractivity contribution in [1.82, 2.24) is 5.32 Å². The van der Waals surface area contributed by atoms with Gasteiger partial charge in [-0.2, -0.15) is 0 Å². The Kier molecular flexibility index (Phi) is 5.75. The first kappa shape index (κ1) is 19.6. The summed E-state index contributed by atoms with van der Waals surface area (Å²) in [7, 11) is 0. The predicted octanol–water partition coefficient (Wildman–Crippen LogP) is 3.69. The molecule has 0 aliphatic rings. The fourth-order valence-electron chi connectivity index (χ4n) is 2.49. The first-order valence-corrected chi connectivity index (χ1v) is 8.16. The number of amides is 1. The van der Waals surface area contributed by atoms with Crippen LogP contribution in [0.2, 0.25) is 0 Å². The second-order valence-corrected chi connectivity index (χ2v) is 7.12. The van der Waals surface area contributed by atoms with Crippen LogP contribution in [-0.2, 0) is 16.6 Å². The second-order valence-electron chi connectivity index (χ2n) is 7.12. The van der Waals surface area contributed by atoms with E-state index in [0.29, 0.717) is 5.56 Å². The van der Waals surface area contributed by atoms with Crippen molar-refractivity contribution in [2.75, 3.05) is 0 Å². The summed E-state index contributed by atoms with van der Waals surface area (Å²) in [6.07, 6.45) is 0.0302. The van der Waals surface area contributed by atoms with Crippen LogP contribution in [-0.4, -0.2) is 23.0 Å². The van der Waals surface area contributed by atoms with E-state index >= 15 is 0 Å². The summed E-state index contributed by atoms with van der Waals surface area (Å²) >= 11 is 0. The van der Waals surface area contributed by atoms with Gasteiger partial charge in [-0.05, 0) is 28.7 Å². The van der Waals surface area contributed by atoms with Crippen LogP contribution in [0.4, 0.5) is 8.78 Å². The Hall–Kier alpha value is -2.76. The summed E-state index contributed by atoms with van der Waals surface area (Å²) in [6, 6.07) is 9.32. The Bertz CT molecular complexity index is 811. The van der Waals surface area contributed by atoms with Crippen molar-refractivity contribution in [1.29, 1.82) is 0 Å². The highest BCUT2D eigenvalue weighted by Gasteiger charge is 2.24. The Morgan fingerprint density at radius 1 is 1.08 bits per heavy atom. The molecule has 0 bridgehead atoms. The van der Waals surface area contributed by atoms with E-state index in [1.807, 2.05) is 12.1 Å². The molecule has 0 unspecified atom stereocenters. The third kappa shape index (κ3) is 4.65. The van der Waals surface area contributed by atoms with Gasteiger partial charge < -0.3 is 10.4 Å². The van der Waals surface area contributed by atoms with Gasteiger partial charge in [-0.1, -0.05) is 51.1 Å². The Morgan fingerprint density at radius 2 is 1.69 bits per heavy atom. The van der Waals surface area contributed by atoms with Gasteiger partial charge in [0.1, 0.15) is 6.04 Å². The van der Waals surface area contributed by atoms with Gasteiger partial charge in [0.15, 0.2) is 11.6 Å². The van der Waals surface area contributed by atoms with Crippen LogP contribution >= 0.6 is 0 Å². The molecule has 26 heavy (non-hydrogen) atoms. The largest absolute Gasteiger partial charge is 0.480 e. The van der Waals surface area contributed by atoms with Crippen LogP contribution in [0.25, 0.3) is 0 Å². The SMILES string of the molecule is CC(C)(C)c1ccc(C[C@@H](NC(=O)c2cccc(F)c2F)C(=O)O)cc1. The highest BCUT2D eigenvalue weighted by Crippen LogP contribution is 2.22. The molecule has 0 aromatic heterocycles. The van der Waals surface area contributed by atoms with Crippen LogP contribution in [0, 0.1) is 11.6 Å². The lowest BCUT2D eigenvalue weighted by molar-refractivity contribution is -0.139. The molecule has 1 atom stereocenters. The Morgan fingerprint density at radius 3 is 2.23 bits per heavy atom. The number of carboxylic acid groups (broad SMARTS) is 1. The van der Waals surface area contributed by atoms with Crippen molar-refractivity contribution in [3.8, 4) is 0 Å². The fraction of sp³-hybridized carbons (Fsp3) is 0.300. The highest BCUT2D eigenvalue weighted by atomic mass is 19.2. The number of carbonyl (C=O) groups is 2. The summed E-state index contributed by atoms with van der Waals surface area (Å²) in [4.78, 5) is 23.6. The van der Waals surface area contributed by atoms with Crippen molar-refractivity contribution in [2.45, 2.75) is 38.6 Å². The number of aliphatic carboxylic acids is 1. The van der Waals surface area contributed by atoms with Crippen molar-refractivity contribution in [3.63, 3.8) is 0 Å². The molecule has 0 heterocycles. The molecule has 138 valence electrons. The van der Waals surface area contributed by atoms with Gasteiger partial charge in [0.05, 0.1) is 5.56 Å². The zero-order valence-corrected chi connectivity index (χ0v) is 14.8. The van der Waals surface area contributed by atoms with Gasteiger partial charge in [0, 0.05) is 6.42 Å². The highest BCUT2D eigenvalue weighted by molar-refractivity contribution is 5.96. The molecule has 0 radical (unpaired) electrons. The maximum atomic E-state index is 13.7. The van der Waals surface area contributed by atoms with Gasteiger partial charge >= 0.3 is 5.97 Å². The summed E-state index contributed by atoms with van der Waals surface area (Å²) < 4.78 is 26.9. The maximum Gasteiger partial charge on any atom is 0.326 e. The molecule has 1 amide bonds. The number of halogens is 2. The van der Waals surface area contributed by atoms with Gasteiger partial charge in [-0.15, -0.1) is 0 Å². The summed E-state index contributed by atoms with van der Waals surface area (Å²) in [5, 5.41) is 11.6. The number of nitrogens with one attached hydrogen (secondary N) is 1. The fourth-order valence-corrected chi connectivity index (χ4v) is 2.49. The number of rotatable bonds is 5. The molecule has 0 fully saturated rings. The summed E-state index contributed by atoms with van der Waals surface area (Å²) in [5.74, 6) is -4.69. The van der Waals surface area contributed by atoms with E-state index in [-0.39, 0.29) is 11.8 Å². The quantitative estimate of drug-likeness (QED) is 0.854. The molecule has 4 nitrogen and oxygen atoms in total. The molecule has 0 saturated heterocycles. The molecule has 0 aliphatic heterocycles. The first-order valence-electron chi connectivity index (χ1n) is 8.16. The molecule has 6 heteroatoms. The van der Waals surface area contributed by atoms with E-state index in [4.69, 9.17) is 0 Å². The minimum Gasteiger partial charge on any atom is -0.480 e. The van der Waals surface area contributed by atoms with Crippen LogP contribution < -0.4 is 5.32 Å². The minimum absolute atomic E-state index is 0.0302. The van der Waals surface area contributed by atoms with Crippen molar-refractivity contribution >= 4 is 11.9 Å². The predicted molar refractivity (Wildman–Crippen MR) is 94.1 cm³/mol. The number of hydrogen-bond acceptors (Lipinski definition) is 2. The lowest BCUT2D eigenvalue weighted by Gasteiger charge is -2.20. The lowest BCUT2D eigenvalue weighted by Crippen LogP contribution is -2.42. The maximum absolute atomic E-state index is 13.7. The van der Waals surface area contributed by atoms with Gasteiger partial charge in [0.25, 0.3) is 5.91 Å². The van der Waals surface area contributed by atoms with E-state index in [1.165, 1.54) is 6.07 Å². The molecular weight excluding hydrogens is 340 g/mol. The molecule has 0 saturated carbocycles. The second kappa shape index (κ2) is 7.64. The lowest BCUT2D eigenvalue weighted by atomic mass is 9.86. The average Bonchev–Trinajstić information content (AvgIpc) is 2.56. The third-order valence-electron chi connectivity index (χ3n) is 4.06. The van der Waals surface area contributed by atoms with Crippen molar-refractivity contribution in [2.24, 2.45) is 0 Å². The van der Waals surface area contributed by atoms with Gasteiger partial charge in [-0.3, -0.25) is 4.79 Å². The number of carbonyl (C=O) groups excluding carboxylic acids is 1. The number of carboxylic acids is 1. The molecule has 2 N–H and O–H groups in total. The van der Waals surface area contributed by atoms with Gasteiger partial charge in [-0.25, -0.2) is 13.6 Å². The number of hydrogen-bond donors (Lipinski definition) is 2. The average molecular weight is 361 g/mol. The molecule has 2 aromatic rings. The van der Waals surface area contributed by atoms with Crippen LogP contribution in [0.15, 0.2) is 42.5 Å². The van der Waals surface area contributed by atoms with E-state index in [9.17, 15) is 23.5 Å². The van der Waals surface area contributed by atoms with Crippen molar-refractivity contribution in [3.05, 3.63) is 70.8 Å². The number of benzene rings is 2. The Balaban J connectivity index is 2.15.